The number of nitrogens with one attached hydrogen (secondary N) is 1. The second-order valence-electron chi connectivity index (χ2n) is 6.64. The maximum atomic E-state index is 6.22. The average molecular weight is 547 g/mol. The first kappa shape index (κ1) is 24.5. The molecular weight excluding hydrogens is 519 g/mol. The van der Waals surface area contributed by atoms with E-state index in [9.17, 15) is 0 Å². The Kier molecular flexibility index (Phi) is 9.96. The fourth-order valence-corrected chi connectivity index (χ4v) is 3.51. The highest BCUT2D eigenvalue weighted by atomic mass is 127. The monoisotopic (exact) mass is 546 g/mol. The molecule has 9 heteroatoms. The lowest BCUT2D eigenvalue weighted by atomic mass is 10.0. The first-order valence-electron chi connectivity index (χ1n) is 9.47. The highest BCUT2D eigenvalue weighted by Gasteiger charge is 2.22. The fraction of sp³-hybridized carbons (Fsp3) is 0.381. The van der Waals surface area contributed by atoms with E-state index in [0.29, 0.717) is 47.9 Å². The van der Waals surface area contributed by atoms with E-state index in [1.54, 1.807) is 14.2 Å². The number of benzene rings is 2. The highest BCUT2D eigenvalue weighted by Crippen LogP contribution is 2.29. The summed E-state index contributed by atoms with van der Waals surface area (Å²) >= 11 is 6.22. The van der Waals surface area contributed by atoms with E-state index < -0.39 is 0 Å². The zero-order valence-corrected chi connectivity index (χ0v) is 20.2. The van der Waals surface area contributed by atoms with E-state index in [1.165, 1.54) is 0 Å². The molecule has 0 radical (unpaired) electrons. The van der Waals surface area contributed by atoms with Crippen LogP contribution in [0.2, 0.25) is 5.02 Å². The summed E-state index contributed by atoms with van der Waals surface area (Å²) in [5.41, 5.74) is 7.98. The third-order valence-electron chi connectivity index (χ3n) is 4.82. The number of morpholine rings is 1. The van der Waals surface area contributed by atoms with Crippen molar-refractivity contribution in [3.63, 3.8) is 0 Å². The fourth-order valence-electron chi connectivity index (χ4n) is 3.31. The van der Waals surface area contributed by atoms with E-state index in [2.05, 4.69) is 21.3 Å². The van der Waals surface area contributed by atoms with E-state index in [0.717, 1.165) is 18.7 Å². The lowest BCUT2D eigenvalue weighted by molar-refractivity contribution is 0.0180. The number of methoxy groups -OCH3 is 2. The number of hydrogen-bond donors (Lipinski definition) is 2. The maximum absolute atomic E-state index is 6.22. The third-order valence-corrected chi connectivity index (χ3v) is 5.06. The Morgan fingerprint density at radius 2 is 1.97 bits per heavy atom. The molecule has 3 N–H and O–H groups in total. The van der Waals surface area contributed by atoms with Crippen LogP contribution in [0.25, 0.3) is 0 Å². The molecule has 30 heavy (non-hydrogen) atoms. The summed E-state index contributed by atoms with van der Waals surface area (Å²) in [6, 6.07) is 13.4. The summed E-state index contributed by atoms with van der Waals surface area (Å²) in [6.45, 7) is 3.57. The molecule has 0 bridgehead atoms. The zero-order valence-electron chi connectivity index (χ0n) is 17.1. The van der Waals surface area contributed by atoms with Gasteiger partial charge in [0.15, 0.2) is 5.96 Å². The lowest BCUT2D eigenvalue weighted by Crippen LogP contribution is -2.40. The molecule has 1 aliphatic rings. The van der Waals surface area contributed by atoms with Crippen LogP contribution >= 0.6 is 35.6 Å². The van der Waals surface area contributed by atoms with Crippen molar-refractivity contribution in [3.05, 3.63) is 53.1 Å². The quantitative estimate of drug-likeness (QED) is 0.313. The number of nitrogens with two attached hydrogens (primary N) is 1. The molecule has 0 amide bonds. The summed E-state index contributed by atoms with van der Waals surface area (Å²) in [5.74, 6) is 1.66. The van der Waals surface area contributed by atoms with Crippen molar-refractivity contribution >= 4 is 47.2 Å². The van der Waals surface area contributed by atoms with Crippen molar-refractivity contribution in [1.82, 2.24) is 4.90 Å². The summed E-state index contributed by atoms with van der Waals surface area (Å²) in [7, 11) is 3.22. The van der Waals surface area contributed by atoms with Gasteiger partial charge >= 0.3 is 0 Å². The summed E-state index contributed by atoms with van der Waals surface area (Å²) in [6.07, 6.45) is 0. The van der Waals surface area contributed by atoms with Crippen LogP contribution in [0.4, 0.5) is 5.69 Å². The van der Waals surface area contributed by atoms with Crippen molar-refractivity contribution in [3.8, 4) is 11.5 Å². The normalized spacial score (nSPS) is 15.8. The highest BCUT2D eigenvalue weighted by molar-refractivity contribution is 14.0. The molecule has 2 aromatic rings. The molecule has 1 unspecified atom stereocenters. The molecule has 1 fully saturated rings. The van der Waals surface area contributed by atoms with Crippen LogP contribution < -0.4 is 20.5 Å². The molecule has 0 saturated carbocycles. The predicted octanol–water partition coefficient (Wildman–Crippen LogP) is 3.78. The predicted molar refractivity (Wildman–Crippen MR) is 132 cm³/mol. The van der Waals surface area contributed by atoms with Crippen molar-refractivity contribution in [2.75, 3.05) is 52.4 Å². The van der Waals surface area contributed by atoms with E-state index in [-0.39, 0.29) is 30.0 Å². The minimum Gasteiger partial charge on any atom is -0.497 e. The van der Waals surface area contributed by atoms with Crippen molar-refractivity contribution in [1.29, 1.82) is 0 Å². The van der Waals surface area contributed by atoms with Gasteiger partial charge in [0.25, 0.3) is 0 Å². The molecule has 0 aromatic heterocycles. The van der Waals surface area contributed by atoms with Gasteiger partial charge in [-0.15, -0.1) is 24.0 Å². The average Bonchev–Trinajstić information content (AvgIpc) is 2.74. The number of guanidine groups is 1. The molecule has 164 valence electrons. The van der Waals surface area contributed by atoms with Crippen LogP contribution in [0.1, 0.15) is 11.6 Å². The number of nitrogens with zero attached hydrogens (tertiary/aromatic N) is 2. The van der Waals surface area contributed by atoms with Gasteiger partial charge in [0.2, 0.25) is 0 Å². The molecule has 7 nitrogen and oxygen atoms in total. The Hall–Kier alpha value is -1.75. The van der Waals surface area contributed by atoms with Crippen LogP contribution in [-0.4, -0.2) is 57.9 Å². The Balaban J connectivity index is 0.00000320. The van der Waals surface area contributed by atoms with Gasteiger partial charge in [0, 0.05) is 24.2 Å². The Morgan fingerprint density at radius 3 is 2.63 bits per heavy atom. The van der Waals surface area contributed by atoms with Crippen LogP contribution in [0.15, 0.2) is 47.5 Å². The molecule has 1 heterocycles. The molecule has 0 aliphatic carbocycles. The van der Waals surface area contributed by atoms with E-state index in [4.69, 9.17) is 31.5 Å². The van der Waals surface area contributed by atoms with Crippen molar-refractivity contribution in [2.24, 2.45) is 10.7 Å². The molecule has 1 atom stereocenters. The smallest absolute Gasteiger partial charge is 0.193 e. The molecule has 1 saturated heterocycles. The minimum atomic E-state index is 0. The SMILES string of the molecule is COc1ccc(OC)c(NC(N)=NCC(c2cccc(Cl)c2)N2CCOCC2)c1.I. The number of rotatable bonds is 7. The van der Waals surface area contributed by atoms with Gasteiger partial charge in [0.1, 0.15) is 11.5 Å². The van der Waals surface area contributed by atoms with Gasteiger partial charge in [0.05, 0.1) is 45.7 Å². The summed E-state index contributed by atoms with van der Waals surface area (Å²) < 4.78 is 16.2. The van der Waals surface area contributed by atoms with Gasteiger partial charge in [-0.1, -0.05) is 23.7 Å². The van der Waals surface area contributed by atoms with Crippen molar-refractivity contribution < 1.29 is 14.2 Å². The van der Waals surface area contributed by atoms with Gasteiger partial charge < -0.3 is 25.3 Å². The number of anilines is 1. The first-order valence-corrected chi connectivity index (χ1v) is 9.84. The van der Waals surface area contributed by atoms with Crippen LogP contribution in [0, 0.1) is 0 Å². The number of aliphatic imine (C=N–C) groups is 1. The topological polar surface area (TPSA) is 81.3 Å². The molecule has 0 spiro atoms. The molecule has 3 rings (SSSR count). The second kappa shape index (κ2) is 12.2. The van der Waals surface area contributed by atoms with Crippen LogP contribution in [0.5, 0.6) is 11.5 Å². The lowest BCUT2D eigenvalue weighted by Gasteiger charge is -2.34. The Labute approximate surface area is 199 Å². The molecule has 2 aromatic carbocycles. The Morgan fingerprint density at radius 1 is 1.20 bits per heavy atom. The first-order chi connectivity index (χ1) is 14.1. The van der Waals surface area contributed by atoms with Gasteiger partial charge in [-0.25, -0.2) is 0 Å². The van der Waals surface area contributed by atoms with Crippen molar-refractivity contribution in [2.45, 2.75) is 6.04 Å². The van der Waals surface area contributed by atoms with E-state index >= 15 is 0 Å². The molecule has 1 aliphatic heterocycles. The number of halogens is 2. The van der Waals surface area contributed by atoms with E-state index in [1.807, 2.05) is 36.4 Å². The standard InChI is InChI=1S/C21H27ClN4O3.HI/c1-27-17-6-7-20(28-2)18(13-17)25-21(23)24-14-19(26-8-10-29-11-9-26)15-4-3-5-16(22)12-15;/h3-7,12-13,19H,8-11,14H2,1-2H3,(H3,23,24,25);1H. The van der Waals surface area contributed by atoms with Gasteiger partial charge in [-0.2, -0.15) is 0 Å². The summed E-state index contributed by atoms with van der Waals surface area (Å²) in [4.78, 5) is 6.94. The van der Waals surface area contributed by atoms with Gasteiger partial charge in [-0.05, 0) is 29.8 Å². The maximum Gasteiger partial charge on any atom is 0.193 e. The largest absolute Gasteiger partial charge is 0.497 e. The van der Waals surface area contributed by atoms with Crippen LogP contribution in [-0.2, 0) is 4.74 Å². The Bertz CT molecular complexity index is 847. The van der Waals surface area contributed by atoms with Crippen LogP contribution in [0.3, 0.4) is 0 Å². The number of ether oxygens (including phenoxy) is 3. The van der Waals surface area contributed by atoms with Gasteiger partial charge in [-0.3, -0.25) is 9.89 Å². The minimum absolute atomic E-state index is 0. The zero-order chi connectivity index (χ0) is 20.6. The number of hydrogen-bond acceptors (Lipinski definition) is 5. The molecular formula is C21H28ClIN4O3. The third kappa shape index (κ3) is 6.63. The summed E-state index contributed by atoms with van der Waals surface area (Å²) in [5, 5.41) is 3.82. The second-order valence-corrected chi connectivity index (χ2v) is 7.07.